The maximum absolute atomic E-state index is 11.7. The maximum atomic E-state index is 11.7. The molecule has 2 amide bonds. The first kappa shape index (κ1) is 14.2. The number of carbonyl (C=O) groups excluding carboxylic acids is 1. The van der Waals surface area contributed by atoms with Crippen molar-refractivity contribution >= 4 is 29.6 Å². The van der Waals surface area contributed by atoms with E-state index in [0.29, 0.717) is 4.90 Å². The van der Waals surface area contributed by atoms with Gasteiger partial charge in [0.1, 0.15) is 5.60 Å². The number of anilines is 1. The Morgan fingerprint density at radius 3 is 2.50 bits per heavy atom. The van der Waals surface area contributed by atoms with E-state index < -0.39 is 17.8 Å². The molecule has 0 spiro atoms. The third-order valence-electron chi connectivity index (χ3n) is 1.61. The Bertz CT molecular complexity index is 472. The van der Waals surface area contributed by atoms with Crippen molar-refractivity contribution in [2.45, 2.75) is 26.4 Å². The van der Waals surface area contributed by atoms with Gasteiger partial charge >= 0.3 is 12.2 Å². The van der Waals surface area contributed by atoms with Gasteiger partial charge in [-0.3, -0.25) is 0 Å². The number of aromatic nitrogens is 2. The van der Waals surface area contributed by atoms with Gasteiger partial charge in [0, 0.05) is 12.3 Å². The monoisotopic (exact) mass is 273 g/mol. The molecule has 0 aliphatic heterocycles. The minimum Gasteiger partial charge on any atom is -0.464 e. The van der Waals surface area contributed by atoms with Crippen LogP contribution < -0.4 is 4.90 Å². The summed E-state index contributed by atoms with van der Waals surface area (Å²) in [5.74, 6) is -0.170. The predicted octanol–water partition coefficient (Wildman–Crippen LogP) is 2.55. The quantitative estimate of drug-likeness (QED) is 0.791. The summed E-state index contributed by atoms with van der Waals surface area (Å²) in [6.07, 6.45) is -1.32. The Morgan fingerprint density at radius 1 is 1.44 bits per heavy atom. The number of hydrogen-bond donors (Lipinski definition) is 1. The topological polar surface area (TPSA) is 92.6 Å². The summed E-state index contributed by atoms with van der Waals surface area (Å²) in [4.78, 5) is 30.4. The third-order valence-corrected chi connectivity index (χ3v) is 1.79. The average molecular weight is 274 g/mol. The molecule has 0 fully saturated rings. The van der Waals surface area contributed by atoms with Crippen LogP contribution in [0.15, 0.2) is 12.3 Å². The standard InChI is InChI=1S/C10H12ClN3O4/c1-10(2,3)18-9(17)14(8(15)16)6-4-5-12-7(11)13-6/h4-5H,1-3H3,(H,15,16). The van der Waals surface area contributed by atoms with Crippen LogP contribution in [0, 0.1) is 0 Å². The first-order valence-electron chi connectivity index (χ1n) is 4.95. The molecule has 8 heteroatoms. The van der Waals surface area contributed by atoms with Gasteiger partial charge in [-0.1, -0.05) is 0 Å². The number of hydrogen-bond acceptors (Lipinski definition) is 5. The highest BCUT2D eigenvalue weighted by molar-refractivity contribution is 6.28. The summed E-state index contributed by atoms with van der Waals surface area (Å²) in [7, 11) is 0. The van der Waals surface area contributed by atoms with Crippen LogP contribution >= 0.6 is 11.6 Å². The molecular weight excluding hydrogens is 262 g/mol. The molecule has 1 aromatic rings. The summed E-state index contributed by atoms with van der Waals surface area (Å²) in [6, 6.07) is 1.24. The van der Waals surface area contributed by atoms with E-state index >= 15 is 0 Å². The molecule has 0 aromatic carbocycles. The van der Waals surface area contributed by atoms with Gasteiger partial charge in [-0.15, -0.1) is 0 Å². The largest absolute Gasteiger partial charge is 0.464 e. The van der Waals surface area contributed by atoms with Crippen LogP contribution in [0.5, 0.6) is 0 Å². The summed E-state index contributed by atoms with van der Waals surface area (Å²) in [6.45, 7) is 4.87. The fourth-order valence-corrected chi connectivity index (χ4v) is 1.17. The Labute approximate surface area is 108 Å². The number of carboxylic acid groups (broad SMARTS) is 1. The van der Waals surface area contributed by atoms with Crippen LogP contribution in [0.2, 0.25) is 5.28 Å². The SMILES string of the molecule is CC(C)(C)OC(=O)N(C(=O)O)c1ccnc(Cl)n1. The summed E-state index contributed by atoms with van der Waals surface area (Å²) < 4.78 is 4.96. The first-order valence-corrected chi connectivity index (χ1v) is 5.33. The van der Waals surface area contributed by atoms with E-state index in [4.69, 9.17) is 21.4 Å². The van der Waals surface area contributed by atoms with Gasteiger partial charge < -0.3 is 9.84 Å². The number of rotatable bonds is 1. The Kier molecular flexibility index (Phi) is 4.07. The number of halogens is 1. The lowest BCUT2D eigenvalue weighted by molar-refractivity contribution is 0.0581. The van der Waals surface area contributed by atoms with Gasteiger partial charge in [0.25, 0.3) is 0 Å². The van der Waals surface area contributed by atoms with E-state index in [-0.39, 0.29) is 11.1 Å². The van der Waals surface area contributed by atoms with Crippen molar-refractivity contribution in [3.63, 3.8) is 0 Å². The Morgan fingerprint density at radius 2 is 2.06 bits per heavy atom. The molecule has 1 heterocycles. The van der Waals surface area contributed by atoms with E-state index in [1.54, 1.807) is 20.8 Å². The molecule has 1 rings (SSSR count). The lowest BCUT2D eigenvalue weighted by atomic mass is 10.2. The zero-order valence-electron chi connectivity index (χ0n) is 10.0. The lowest BCUT2D eigenvalue weighted by Crippen LogP contribution is -2.40. The van der Waals surface area contributed by atoms with Crippen molar-refractivity contribution in [1.29, 1.82) is 0 Å². The molecule has 98 valence electrons. The molecule has 0 saturated heterocycles. The highest BCUT2D eigenvalue weighted by atomic mass is 35.5. The molecule has 7 nitrogen and oxygen atoms in total. The molecule has 0 aliphatic carbocycles. The van der Waals surface area contributed by atoms with Gasteiger partial charge in [-0.2, -0.15) is 9.88 Å². The fraction of sp³-hybridized carbons (Fsp3) is 0.400. The average Bonchev–Trinajstić information content (AvgIpc) is 2.13. The number of ether oxygens (including phenoxy) is 1. The van der Waals surface area contributed by atoms with Crippen molar-refractivity contribution in [3.05, 3.63) is 17.5 Å². The molecule has 0 aliphatic rings. The number of amides is 2. The number of imide groups is 1. The smallest absolute Gasteiger partial charge is 0.425 e. The van der Waals surface area contributed by atoms with Gasteiger partial charge in [0.2, 0.25) is 5.28 Å². The van der Waals surface area contributed by atoms with Crippen molar-refractivity contribution in [2.75, 3.05) is 4.90 Å². The van der Waals surface area contributed by atoms with E-state index in [2.05, 4.69) is 9.97 Å². The Hall–Kier alpha value is -1.89. The van der Waals surface area contributed by atoms with Crippen LogP contribution in [-0.4, -0.2) is 32.9 Å². The van der Waals surface area contributed by atoms with E-state index in [1.807, 2.05) is 0 Å². The Balaban J connectivity index is 3.04. The normalized spacial score (nSPS) is 10.9. The van der Waals surface area contributed by atoms with Crippen LogP contribution in [0.1, 0.15) is 20.8 Å². The molecule has 18 heavy (non-hydrogen) atoms. The summed E-state index contributed by atoms with van der Waals surface area (Å²) >= 11 is 5.54. The van der Waals surface area contributed by atoms with Gasteiger partial charge in [0.05, 0.1) is 0 Å². The maximum Gasteiger partial charge on any atom is 0.425 e. The second kappa shape index (κ2) is 5.18. The van der Waals surface area contributed by atoms with Gasteiger partial charge in [-0.05, 0) is 32.4 Å². The summed E-state index contributed by atoms with van der Waals surface area (Å²) in [5.41, 5.74) is -0.818. The lowest BCUT2D eigenvalue weighted by Gasteiger charge is -2.23. The van der Waals surface area contributed by atoms with Crippen LogP contribution in [0.25, 0.3) is 0 Å². The zero-order valence-corrected chi connectivity index (χ0v) is 10.8. The minimum atomic E-state index is -1.51. The minimum absolute atomic E-state index is 0.165. The second-order valence-corrected chi connectivity index (χ2v) is 4.62. The molecule has 0 unspecified atom stereocenters. The molecule has 0 radical (unpaired) electrons. The van der Waals surface area contributed by atoms with Crippen LogP contribution in [0.4, 0.5) is 15.4 Å². The third kappa shape index (κ3) is 3.85. The second-order valence-electron chi connectivity index (χ2n) is 4.28. The molecule has 0 bridgehead atoms. The fourth-order valence-electron chi connectivity index (χ4n) is 1.03. The predicted molar refractivity (Wildman–Crippen MR) is 63.8 cm³/mol. The molecule has 0 saturated carbocycles. The van der Waals surface area contributed by atoms with Crippen molar-refractivity contribution in [1.82, 2.24) is 9.97 Å². The molecule has 1 aromatic heterocycles. The molecule has 0 atom stereocenters. The van der Waals surface area contributed by atoms with Gasteiger partial charge in [-0.25, -0.2) is 14.6 Å². The summed E-state index contributed by atoms with van der Waals surface area (Å²) in [5, 5.41) is 8.84. The first-order chi connectivity index (χ1) is 8.20. The van der Waals surface area contributed by atoms with Crippen molar-refractivity contribution < 1.29 is 19.4 Å². The highest BCUT2D eigenvalue weighted by Gasteiger charge is 2.29. The zero-order chi connectivity index (χ0) is 13.9. The molecule has 1 N–H and O–H groups in total. The van der Waals surface area contributed by atoms with E-state index in [1.165, 1.54) is 12.3 Å². The number of carbonyl (C=O) groups is 2. The van der Waals surface area contributed by atoms with Crippen molar-refractivity contribution in [3.8, 4) is 0 Å². The van der Waals surface area contributed by atoms with E-state index in [9.17, 15) is 9.59 Å². The van der Waals surface area contributed by atoms with Crippen LogP contribution in [-0.2, 0) is 4.74 Å². The van der Waals surface area contributed by atoms with Crippen LogP contribution in [0.3, 0.4) is 0 Å². The molecular formula is C10H12ClN3O4. The van der Waals surface area contributed by atoms with Crippen molar-refractivity contribution in [2.24, 2.45) is 0 Å². The highest BCUT2D eigenvalue weighted by Crippen LogP contribution is 2.17. The number of nitrogens with zero attached hydrogens (tertiary/aromatic N) is 3. The van der Waals surface area contributed by atoms with E-state index in [0.717, 1.165) is 0 Å². The van der Waals surface area contributed by atoms with Gasteiger partial charge in [0.15, 0.2) is 5.82 Å².